The third-order valence-corrected chi connectivity index (χ3v) is 4.60. The molecular weight excluding hydrogens is 370 g/mol. The summed E-state index contributed by atoms with van der Waals surface area (Å²) < 4.78 is 23.0. The van der Waals surface area contributed by atoms with E-state index >= 15 is 0 Å². The van der Waals surface area contributed by atoms with Crippen molar-refractivity contribution in [1.82, 2.24) is 9.97 Å². The molecule has 2 aromatic carbocycles. The second kappa shape index (κ2) is 8.78. The highest BCUT2D eigenvalue weighted by Gasteiger charge is 2.08. The molecule has 0 saturated carbocycles. The van der Waals surface area contributed by atoms with Gasteiger partial charge in [-0.25, -0.2) is 18.4 Å². The molecule has 136 valence electrons. The molecule has 26 heavy (non-hydrogen) atoms. The summed E-state index contributed by atoms with van der Waals surface area (Å²) in [6.07, 6.45) is 1.17. The average Bonchev–Trinajstić information content (AvgIpc) is 2.63. The first-order chi connectivity index (χ1) is 12.4. The summed E-state index contributed by atoms with van der Waals surface area (Å²) in [5, 5.41) is 3.42. The Kier molecular flexibility index (Phi) is 6.71. The van der Waals surface area contributed by atoms with Crippen LogP contribution in [0.1, 0.15) is 13.8 Å². The van der Waals surface area contributed by atoms with Crippen LogP contribution in [0.15, 0.2) is 65.6 Å². The Hall–Kier alpha value is -2.44. The van der Waals surface area contributed by atoms with E-state index < -0.39 is 9.84 Å². The van der Waals surface area contributed by atoms with E-state index in [1.54, 1.807) is 30.3 Å². The minimum atomic E-state index is -3.22. The molecule has 0 bridgehead atoms. The van der Waals surface area contributed by atoms with Crippen LogP contribution in [-0.4, -0.2) is 24.6 Å². The number of aromatic nitrogens is 2. The average molecular weight is 390 g/mol. The van der Waals surface area contributed by atoms with Crippen molar-refractivity contribution in [3.63, 3.8) is 0 Å². The molecule has 1 N–H and O–H groups in total. The van der Waals surface area contributed by atoms with Gasteiger partial charge in [-0.05, 0) is 24.3 Å². The third kappa shape index (κ3) is 5.28. The summed E-state index contributed by atoms with van der Waals surface area (Å²) in [5.74, 6) is 1.04. The van der Waals surface area contributed by atoms with E-state index in [1.807, 2.05) is 44.2 Å². The van der Waals surface area contributed by atoms with E-state index in [2.05, 4.69) is 15.3 Å². The first-order valence-corrected chi connectivity index (χ1v) is 10.4. The van der Waals surface area contributed by atoms with Crippen LogP contribution in [0.4, 0.5) is 11.5 Å². The number of nitrogens with one attached hydrogen (secondary N) is 1. The van der Waals surface area contributed by atoms with E-state index in [4.69, 9.17) is 11.6 Å². The standard InChI is InChI=1S/C17H14ClN3O2S.C2H6/c1-24(22,23)14-9-7-13(8-10-14)19-16-11-15(18)20-17(21-16)12-5-3-2-4-6-12;1-2/h2-11H,1H3,(H,19,20,21);1-2H3. The van der Waals surface area contributed by atoms with Gasteiger partial charge in [0.2, 0.25) is 0 Å². The van der Waals surface area contributed by atoms with Crippen LogP contribution in [0.3, 0.4) is 0 Å². The molecule has 1 heterocycles. The molecule has 0 fully saturated rings. The first-order valence-electron chi connectivity index (χ1n) is 8.09. The molecule has 0 unspecified atom stereocenters. The van der Waals surface area contributed by atoms with Crippen LogP contribution >= 0.6 is 11.6 Å². The number of nitrogens with zero attached hydrogens (tertiary/aromatic N) is 2. The molecule has 0 amide bonds. The van der Waals surface area contributed by atoms with Gasteiger partial charge in [0.25, 0.3) is 0 Å². The second-order valence-electron chi connectivity index (χ2n) is 5.19. The molecular formula is C19H20ClN3O2S. The Morgan fingerprint density at radius 2 is 1.54 bits per heavy atom. The Morgan fingerprint density at radius 3 is 2.12 bits per heavy atom. The second-order valence-corrected chi connectivity index (χ2v) is 7.59. The molecule has 0 aliphatic heterocycles. The summed E-state index contributed by atoms with van der Waals surface area (Å²) in [6.45, 7) is 4.00. The number of hydrogen-bond donors (Lipinski definition) is 1. The highest BCUT2D eigenvalue weighted by atomic mass is 35.5. The van der Waals surface area contributed by atoms with Gasteiger partial charge in [-0.15, -0.1) is 0 Å². The molecule has 3 rings (SSSR count). The lowest BCUT2D eigenvalue weighted by Gasteiger charge is -2.08. The summed E-state index contributed by atoms with van der Waals surface area (Å²) in [4.78, 5) is 8.94. The van der Waals surface area contributed by atoms with Crippen molar-refractivity contribution in [3.8, 4) is 11.4 Å². The minimum absolute atomic E-state index is 0.263. The Morgan fingerprint density at radius 1 is 0.923 bits per heavy atom. The highest BCUT2D eigenvalue weighted by Crippen LogP contribution is 2.23. The van der Waals surface area contributed by atoms with Crippen LogP contribution in [0.2, 0.25) is 5.15 Å². The number of anilines is 2. The molecule has 1 aromatic heterocycles. The Labute approximate surface area is 159 Å². The number of hydrogen-bond acceptors (Lipinski definition) is 5. The van der Waals surface area contributed by atoms with E-state index in [9.17, 15) is 8.42 Å². The molecule has 5 nitrogen and oxygen atoms in total. The van der Waals surface area contributed by atoms with E-state index in [-0.39, 0.29) is 4.90 Å². The van der Waals surface area contributed by atoms with E-state index in [0.29, 0.717) is 22.5 Å². The fourth-order valence-electron chi connectivity index (χ4n) is 2.13. The van der Waals surface area contributed by atoms with Crippen molar-refractivity contribution < 1.29 is 8.42 Å². The van der Waals surface area contributed by atoms with Crippen molar-refractivity contribution in [2.24, 2.45) is 0 Å². The van der Waals surface area contributed by atoms with Crippen LogP contribution in [-0.2, 0) is 9.84 Å². The van der Waals surface area contributed by atoms with Crippen LogP contribution in [0.5, 0.6) is 0 Å². The highest BCUT2D eigenvalue weighted by molar-refractivity contribution is 7.90. The lowest BCUT2D eigenvalue weighted by molar-refractivity contribution is 0.602. The van der Waals surface area contributed by atoms with Gasteiger partial charge in [-0.1, -0.05) is 55.8 Å². The van der Waals surface area contributed by atoms with Gasteiger partial charge in [0.15, 0.2) is 15.7 Å². The molecule has 0 aliphatic rings. The van der Waals surface area contributed by atoms with Gasteiger partial charge in [-0.3, -0.25) is 0 Å². The van der Waals surface area contributed by atoms with Crippen LogP contribution < -0.4 is 5.32 Å². The maximum absolute atomic E-state index is 11.5. The van der Waals surface area contributed by atoms with Crippen molar-refractivity contribution in [1.29, 1.82) is 0 Å². The minimum Gasteiger partial charge on any atom is -0.340 e. The summed E-state index contributed by atoms with van der Waals surface area (Å²) >= 11 is 6.08. The Bertz CT molecular complexity index is 960. The van der Waals surface area contributed by atoms with Crippen molar-refractivity contribution in [2.75, 3.05) is 11.6 Å². The summed E-state index contributed by atoms with van der Waals surface area (Å²) in [7, 11) is -3.22. The van der Waals surface area contributed by atoms with E-state index in [0.717, 1.165) is 5.56 Å². The van der Waals surface area contributed by atoms with Gasteiger partial charge >= 0.3 is 0 Å². The molecule has 0 aliphatic carbocycles. The molecule has 0 spiro atoms. The zero-order valence-corrected chi connectivity index (χ0v) is 16.3. The summed E-state index contributed by atoms with van der Waals surface area (Å²) in [6, 6.07) is 17.6. The smallest absolute Gasteiger partial charge is 0.175 e. The van der Waals surface area contributed by atoms with E-state index in [1.165, 1.54) is 6.26 Å². The topological polar surface area (TPSA) is 72.0 Å². The number of sulfone groups is 1. The van der Waals surface area contributed by atoms with Gasteiger partial charge in [0, 0.05) is 23.6 Å². The zero-order valence-electron chi connectivity index (χ0n) is 14.8. The Balaban J connectivity index is 0.00000117. The SMILES string of the molecule is CC.CS(=O)(=O)c1ccc(Nc2cc(Cl)nc(-c3ccccc3)n2)cc1. The molecule has 0 radical (unpaired) electrons. The molecule has 0 saturated heterocycles. The van der Waals surface area contributed by atoms with Crippen LogP contribution in [0.25, 0.3) is 11.4 Å². The first kappa shape index (κ1) is 19.9. The molecule has 3 aromatic rings. The maximum Gasteiger partial charge on any atom is 0.175 e. The van der Waals surface area contributed by atoms with Crippen molar-refractivity contribution >= 4 is 32.9 Å². The van der Waals surface area contributed by atoms with Crippen molar-refractivity contribution in [3.05, 3.63) is 65.8 Å². The van der Waals surface area contributed by atoms with Gasteiger partial charge < -0.3 is 5.32 Å². The molecule has 7 heteroatoms. The largest absolute Gasteiger partial charge is 0.340 e. The van der Waals surface area contributed by atoms with Gasteiger partial charge in [0.1, 0.15) is 11.0 Å². The van der Waals surface area contributed by atoms with Crippen molar-refractivity contribution in [2.45, 2.75) is 18.7 Å². The lowest BCUT2D eigenvalue weighted by atomic mass is 10.2. The normalized spacial score (nSPS) is 10.6. The monoisotopic (exact) mass is 389 g/mol. The van der Waals surface area contributed by atoms with Gasteiger partial charge in [-0.2, -0.15) is 0 Å². The van der Waals surface area contributed by atoms with Gasteiger partial charge in [0.05, 0.1) is 4.90 Å². The quantitative estimate of drug-likeness (QED) is 0.638. The molecule has 0 atom stereocenters. The third-order valence-electron chi connectivity index (χ3n) is 3.28. The number of rotatable bonds is 4. The fourth-order valence-corrected chi connectivity index (χ4v) is 2.95. The predicted molar refractivity (Wildman–Crippen MR) is 107 cm³/mol. The van der Waals surface area contributed by atoms with Crippen LogP contribution in [0, 0.1) is 0 Å². The summed E-state index contributed by atoms with van der Waals surface area (Å²) in [5.41, 5.74) is 1.56. The maximum atomic E-state index is 11.5. The fraction of sp³-hybridized carbons (Fsp3) is 0.158. The number of halogens is 1. The lowest BCUT2D eigenvalue weighted by Crippen LogP contribution is -1.99. The predicted octanol–water partition coefficient (Wildman–Crippen LogP) is 4.97. The number of benzene rings is 2. The zero-order chi connectivity index (χ0) is 19.2.